The molecule has 1 amide bonds. The van der Waals surface area contributed by atoms with E-state index in [-0.39, 0.29) is 5.91 Å². The molecule has 10 nitrogen and oxygen atoms in total. The van der Waals surface area contributed by atoms with E-state index in [1.165, 1.54) is 12.8 Å². The van der Waals surface area contributed by atoms with Crippen molar-refractivity contribution in [2.75, 3.05) is 43.2 Å². The van der Waals surface area contributed by atoms with E-state index in [4.69, 9.17) is 10.5 Å². The number of ether oxygens (including phenoxy) is 1. The highest BCUT2D eigenvalue weighted by Gasteiger charge is 2.28. The van der Waals surface area contributed by atoms with E-state index in [2.05, 4.69) is 30.6 Å². The summed E-state index contributed by atoms with van der Waals surface area (Å²) in [4.78, 5) is 24.2. The predicted molar refractivity (Wildman–Crippen MR) is 138 cm³/mol. The van der Waals surface area contributed by atoms with Crippen LogP contribution in [0.4, 0.5) is 17.1 Å². The first-order chi connectivity index (χ1) is 17.0. The van der Waals surface area contributed by atoms with Gasteiger partial charge in [-0.15, -0.1) is 0 Å². The van der Waals surface area contributed by atoms with Gasteiger partial charge < -0.3 is 26.0 Å². The summed E-state index contributed by atoms with van der Waals surface area (Å²) in [5.74, 6) is 0.779. The van der Waals surface area contributed by atoms with Gasteiger partial charge >= 0.3 is 0 Å². The number of aromatic nitrogens is 3. The number of nitrogen functional groups attached to an aromatic ring is 1. The molecule has 3 aromatic rings. The number of hydrogen-bond acceptors (Lipinski definition) is 8. The summed E-state index contributed by atoms with van der Waals surface area (Å²) in [6, 6.07) is 6.78. The summed E-state index contributed by atoms with van der Waals surface area (Å²) in [5.41, 5.74) is 10.2. The van der Waals surface area contributed by atoms with Gasteiger partial charge in [-0.2, -0.15) is 5.10 Å². The standard InChI is InChI=1S/C25H32N8O2/c1-15-28-23-12-20(22(35-3)14-33(23)31-15)30-25(34)18-6-7-21(19(13-27-2)24(18)26)32-10-8-17(9-11-32)29-16-4-5-16/h6-7,12-14,16-17,29H,4-5,8-11,26H2,1-3H3,(H,30,34). The molecule has 1 saturated carbocycles. The Kier molecular flexibility index (Phi) is 6.29. The Morgan fingerprint density at radius 1 is 1.23 bits per heavy atom. The van der Waals surface area contributed by atoms with Crippen LogP contribution < -0.4 is 26.0 Å². The van der Waals surface area contributed by atoms with Crippen LogP contribution in [0.2, 0.25) is 0 Å². The van der Waals surface area contributed by atoms with Gasteiger partial charge in [0.1, 0.15) is 5.82 Å². The number of carbonyl (C=O) groups excluding carboxylic acids is 1. The zero-order valence-corrected chi connectivity index (χ0v) is 20.4. The third-order valence-electron chi connectivity index (χ3n) is 6.66. The lowest BCUT2D eigenvalue weighted by atomic mass is 10.00. The van der Waals surface area contributed by atoms with Gasteiger partial charge in [0.05, 0.1) is 30.2 Å². The Morgan fingerprint density at radius 3 is 2.66 bits per heavy atom. The van der Waals surface area contributed by atoms with Gasteiger partial charge in [-0.05, 0) is 44.7 Å². The highest BCUT2D eigenvalue weighted by molar-refractivity contribution is 6.12. The first-order valence-corrected chi connectivity index (χ1v) is 12.0. The van der Waals surface area contributed by atoms with Gasteiger partial charge in [0, 0.05) is 55.8 Å². The molecule has 0 radical (unpaired) electrons. The molecular formula is C25H32N8O2. The van der Waals surface area contributed by atoms with Crippen LogP contribution in [0.1, 0.15) is 47.4 Å². The molecule has 0 atom stereocenters. The molecule has 0 spiro atoms. The highest BCUT2D eigenvalue weighted by Crippen LogP contribution is 2.32. The Morgan fingerprint density at radius 2 is 1.97 bits per heavy atom. The van der Waals surface area contributed by atoms with E-state index < -0.39 is 0 Å². The molecule has 10 heteroatoms. The van der Waals surface area contributed by atoms with E-state index in [0.717, 1.165) is 43.2 Å². The fraction of sp³-hybridized carbons (Fsp3) is 0.440. The molecule has 4 N–H and O–H groups in total. The van der Waals surface area contributed by atoms with Gasteiger partial charge in [0.15, 0.2) is 11.4 Å². The van der Waals surface area contributed by atoms with Crippen molar-refractivity contribution < 1.29 is 9.53 Å². The quantitative estimate of drug-likeness (QED) is 0.354. The zero-order chi connectivity index (χ0) is 24.5. The third-order valence-corrected chi connectivity index (χ3v) is 6.66. The highest BCUT2D eigenvalue weighted by atomic mass is 16.5. The van der Waals surface area contributed by atoms with Crippen LogP contribution in [-0.2, 0) is 0 Å². The van der Waals surface area contributed by atoms with Gasteiger partial charge in [-0.3, -0.25) is 9.79 Å². The number of benzene rings is 1. The fourth-order valence-electron chi connectivity index (χ4n) is 4.70. The largest absolute Gasteiger partial charge is 0.493 e. The molecule has 0 unspecified atom stereocenters. The number of nitrogens with two attached hydrogens (primary N) is 1. The minimum atomic E-state index is -0.328. The number of aliphatic imine (C=N–C) groups is 1. The molecule has 1 aromatic carbocycles. The van der Waals surface area contributed by atoms with Crippen molar-refractivity contribution in [3.8, 4) is 5.75 Å². The molecule has 2 aliphatic rings. The van der Waals surface area contributed by atoms with Crippen LogP contribution in [0.15, 0.2) is 29.4 Å². The second kappa shape index (κ2) is 9.53. The van der Waals surface area contributed by atoms with Crippen LogP contribution >= 0.6 is 0 Å². The van der Waals surface area contributed by atoms with Crippen molar-refractivity contribution >= 4 is 34.8 Å². The number of amides is 1. The van der Waals surface area contributed by atoms with Crippen molar-refractivity contribution in [3.63, 3.8) is 0 Å². The summed E-state index contributed by atoms with van der Waals surface area (Å²) in [5, 5.41) is 11.0. The number of anilines is 3. The number of rotatable bonds is 7. The van der Waals surface area contributed by atoms with E-state index in [9.17, 15) is 4.79 Å². The van der Waals surface area contributed by atoms with Crippen LogP contribution in [0.5, 0.6) is 5.75 Å². The predicted octanol–water partition coefficient (Wildman–Crippen LogP) is 2.65. The second-order valence-electron chi connectivity index (χ2n) is 9.22. The van der Waals surface area contributed by atoms with Gasteiger partial charge in [0.2, 0.25) is 0 Å². The van der Waals surface area contributed by atoms with Crippen LogP contribution in [-0.4, -0.2) is 66.1 Å². The number of piperidine rings is 1. The summed E-state index contributed by atoms with van der Waals surface area (Å²) < 4.78 is 7.08. The van der Waals surface area contributed by atoms with Crippen LogP contribution in [0, 0.1) is 6.92 Å². The monoisotopic (exact) mass is 476 g/mol. The fourth-order valence-corrected chi connectivity index (χ4v) is 4.70. The van der Waals surface area contributed by atoms with Crippen molar-refractivity contribution in [2.24, 2.45) is 4.99 Å². The van der Waals surface area contributed by atoms with E-state index in [0.29, 0.717) is 40.2 Å². The number of carbonyl (C=O) groups is 1. The van der Waals surface area contributed by atoms with Crippen LogP contribution in [0.3, 0.4) is 0 Å². The maximum absolute atomic E-state index is 13.3. The number of aryl methyl sites for hydroxylation is 1. The lowest BCUT2D eigenvalue weighted by molar-refractivity contribution is 0.102. The lowest BCUT2D eigenvalue weighted by Gasteiger charge is -2.35. The summed E-state index contributed by atoms with van der Waals surface area (Å²) in [6.45, 7) is 3.69. The summed E-state index contributed by atoms with van der Waals surface area (Å²) in [7, 11) is 3.26. The van der Waals surface area contributed by atoms with Crippen molar-refractivity contribution in [1.29, 1.82) is 0 Å². The molecule has 184 valence electrons. The number of nitrogens with zero attached hydrogens (tertiary/aromatic N) is 5. The SMILES string of the molecule is CN=Cc1c(N2CCC(NC3CC3)CC2)ccc(C(=O)Nc2cc3nc(C)nn3cc2OC)c1N. The van der Waals surface area contributed by atoms with Gasteiger partial charge in [0.25, 0.3) is 5.91 Å². The molecule has 1 saturated heterocycles. The normalized spacial score (nSPS) is 16.8. The molecule has 0 bridgehead atoms. The molecule has 2 aromatic heterocycles. The Hall–Kier alpha value is -3.66. The average Bonchev–Trinajstić information content (AvgIpc) is 3.59. The molecule has 2 fully saturated rings. The molecule has 1 aliphatic carbocycles. The van der Waals surface area contributed by atoms with Crippen molar-refractivity contribution in [1.82, 2.24) is 19.9 Å². The first kappa shape index (κ1) is 23.1. The molecule has 3 heterocycles. The number of nitrogens with one attached hydrogen (secondary N) is 2. The number of methoxy groups -OCH3 is 1. The minimum absolute atomic E-state index is 0.328. The summed E-state index contributed by atoms with van der Waals surface area (Å²) >= 11 is 0. The zero-order valence-electron chi connectivity index (χ0n) is 20.4. The van der Waals surface area contributed by atoms with Crippen LogP contribution in [0.25, 0.3) is 5.65 Å². The topological polar surface area (TPSA) is 122 Å². The smallest absolute Gasteiger partial charge is 0.257 e. The Labute approximate surface area is 204 Å². The Balaban J connectivity index is 1.38. The average molecular weight is 477 g/mol. The molecular weight excluding hydrogens is 444 g/mol. The molecule has 5 rings (SSSR count). The van der Waals surface area contributed by atoms with E-state index in [1.54, 1.807) is 43.2 Å². The maximum Gasteiger partial charge on any atom is 0.257 e. The van der Waals surface area contributed by atoms with E-state index in [1.807, 2.05) is 13.0 Å². The lowest BCUT2D eigenvalue weighted by Crippen LogP contribution is -2.43. The van der Waals surface area contributed by atoms with Gasteiger partial charge in [-0.1, -0.05) is 0 Å². The minimum Gasteiger partial charge on any atom is -0.493 e. The number of pyridine rings is 1. The van der Waals surface area contributed by atoms with Crippen molar-refractivity contribution in [2.45, 2.75) is 44.7 Å². The van der Waals surface area contributed by atoms with E-state index >= 15 is 0 Å². The van der Waals surface area contributed by atoms with Crippen molar-refractivity contribution in [3.05, 3.63) is 41.3 Å². The number of hydrogen-bond donors (Lipinski definition) is 3. The maximum atomic E-state index is 13.3. The first-order valence-electron chi connectivity index (χ1n) is 12.0. The third kappa shape index (κ3) is 4.79. The summed E-state index contributed by atoms with van der Waals surface area (Å²) in [6.07, 6.45) is 8.21. The van der Waals surface area contributed by atoms with Gasteiger partial charge in [-0.25, -0.2) is 9.50 Å². The number of fused-ring (bicyclic) bond motifs is 1. The Bertz CT molecular complexity index is 1270. The molecule has 1 aliphatic heterocycles. The second-order valence-corrected chi connectivity index (χ2v) is 9.22. The molecule has 35 heavy (non-hydrogen) atoms.